The van der Waals surface area contributed by atoms with Gasteiger partial charge in [0.15, 0.2) is 0 Å². The lowest BCUT2D eigenvalue weighted by molar-refractivity contribution is -0.139. The summed E-state index contributed by atoms with van der Waals surface area (Å²) in [4.78, 5) is 13.3. The molecule has 1 aromatic heterocycles. The number of aliphatic carboxylic acids is 1. The Kier molecular flexibility index (Phi) is 4.91. The number of sulfonamides is 1. The summed E-state index contributed by atoms with van der Waals surface area (Å²) in [6, 6.07) is -0.00926. The van der Waals surface area contributed by atoms with Gasteiger partial charge in [0.2, 0.25) is 10.0 Å². The molecule has 2 fully saturated rings. The minimum atomic E-state index is -3.61. The number of nitrogens with one attached hydrogen (secondary N) is 1. The third kappa shape index (κ3) is 4.04. The Morgan fingerprint density at radius 2 is 2.00 bits per heavy atom. The molecule has 1 aromatic rings. The normalized spacial score (nSPS) is 23.7. The summed E-state index contributed by atoms with van der Waals surface area (Å²) in [6.07, 6.45) is 3.63. The Balaban J connectivity index is 1.61. The first-order chi connectivity index (χ1) is 11.7. The van der Waals surface area contributed by atoms with Crippen molar-refractivity contribution >= 4 is 16.0 Å². The molecule has 0 saturated heterocycles. The Bertz CT molecular complexity index is 763. The number of hydrogen-bond acceptors (Lipinski definition) is 5. The molecule has 0 unspecified atom stereocenters. The van der Waals surface area contributed by atoms with Gasteiger partial charge in [0, 0.05) is 25.7 Å². The Hall–Kier alpha value is -1.45. The number of aryl methyl sites for hydroxylation is 2. The van der Waals surface area contributed by atoms with Crippen LogP contribution in [0.5, 0.6) is 0 Å². The van der Waals surface area contributed by atoms with E-state index in [0.29, 0.717) is 30.1 Å². The summed E-state index contributed by atoms with van der Waals surface area (Å²) in [5.74, 6) is -0.220. The van der Waals surface area contributed by atoms with Gasteiger partial charge < -0.3 is 5.11 Å². The van der Waals surface area contributed by atoms with Gasteiger partial charge in [0.05, 0.1) is 17.9 Å². The summed E-state index contributed by atoms with van der Waals surface area (Å²) in [5.41, 5.74) is 1.10. The second-order valence-electron chi connectivity index (χ2n) is 7.33. The molecule has 0 aliphatic heterocycles. The molecule has 2 N–H and O–H groups in total. The predicted molar refractivity (Wildman–Crippen MR) is 91.7 cm³/mol. The van der Waals surface area contributed by atoms with Gasteiger partial charge in [-0.3, -0.25) is 14.4 Å². The maximum atomic E-state index is 12.7. The molecule has 140 valence electrons. The molecule has 1 heterocycles. The van der Waals surface area contributed by atoms with Crippen LogP contribution >= 0.6 is 0 Å². The fraction of sp³-hybridized carbons (Fsp3) is 0.750. The zero-order valence-corrected chi connectivity index (χ0v) is 15.7. The van der Waals surface area contributed by atoms with E-state index in [2.05, 4.69) is 9.82 Å². The molecule has 3 rings (SSSR count). The van der Waals surface area contributed by atoms with Gasteiger partial charge in [-0.05, 0) is 45.4 Å². The molecule has 0 bridgehead atoms. The maximum Gasteiger partial charge on any atom is 0.317 e. The second kappa shape index (κ2) is 6.69. The van der Waals surface area contributed by atoms with Crippen molar-refractivity contribution in [2.45, 2.75) is 56.5 Å². The van der Waals surface area contributed by atoms with Crippen LogP contribution in [0.25, 0.3) is 0 Å². The van der Waals surface area contributed by atoms with E-state index in [4.69, 9.17) is 5.11 Å². The third-order valence-corrected chi connectivity index (χ3v) is 6.96. The van der Waals surface area contributed by atoms with Crippen LogP contribution in [-0.2, 0) is 21.9 Å². The number of carboxylic acid groups (broad SMARTS) is 1. The summed E-state index contributed by atoms with van der Waals surface area (Å²) >= 11 is 0. The van der Waals surface area contributed by atoms with E-state index >= 15 is 0 Å². The first kappa shape index (κ1) is 18.3. The first-order valence-electron chi connectivity index (χ1n) is 8.65. The first-order valence-corrected chi connectivity index (χ1v) is 10.1. The van der Waals surface area contributed by atoms with Crippen LogP contribution in [0.3, 0.4) is 0 Å². The molecule has 0 radical (unpaired) electrons. The minimum Gasteiger partial charge on any atom is -0.480 e. The highest BCUT2D eigenvalue weighted by Gasteiger charge is 2.39. The number of carboxylic acids is 1. The molecule has 0 amide bonds. The van der Waals surface area contributed by atoms with Crippen molar-refractivity contribution in [3.63, 3.8) is 0 Å². The topological polar surface area (TPSA) is 105 Å². The highest BCUT2D eigenvalue weighted by molar-refractivity contribution is 7.89. The highest BCUT2D eigenvalue weighted by atomic mass is 32.2. The molecule has 9 heteroatoms. The average molecular weight is 370 g/mol. The van der Waals surface area contributed by atoms with Crippen LogP contribution < -0.4 is 4.72 Å². The largest absolute Gasteiger partial charge is 0.480 e. The standard InChI is InChI=1S/C16H26N4O4S/c1-10-16(11(2)19(3)17-10)25(23,24)18-13-6-14(7-13)20(9-15(21)22)8-12-4-5-12/h12-14,18H,4-9H2,1-3H3,(H,21,22). The van der Waals surface area contributed by atoms with Crippen molar-refractivity contribution in [3.05, 3.63) is 11.4 Å². The van der Waals surface area contributed by atoms with Crippen LogP contribution in [0.1, 0.15) is 37.1 Å². The Morgan fingerprint density at radius 3 is 2.48 bits per heavy atom. The van der Waals surface area contributed by atoms with Crippen molar-refractivity contribution in [1.29, 1.82) is 0 Å². The second-order valence-corrected chi connectivity index (χ2v) is 8.98. The lowest BCUT2D eigenvalue weighted by Gasteiger charge is -2.42. The van der Waals surface area contributed by atoms with Crippen molar-refractivity contribution in [2.24, 2.45) is 13.0 Å². The lowest BCUT2D eigenvalue weighted by atomic mass is 9.86. The molecular weight excluding hydrogens is 344 g/mol. The summed E-state index contributed by atoms with van der Waals surface area (Å²) < 4.78 is 29.6. The average Bonchev–Trinajstić information content (AvgIpc) is 3.20. The number of carbonyl (C=O) groups is 1. The molecule has 0 atom stereocenters. The molecule has 2 aliphatic rings. The Labute approximate surface area is 148 Å². The van der Waals surface area contributed by atoms with Gasteiger partial charge in [-0.25, -0.2) is 13.1 Å². The fourth-order valence-corrected chi connectivity index (χ4v) is 5.25. The number of nitrogens with zero attached hydrogens (tertiary/aromatic N) is 3. The molecule has 8 nitrogen and oxygen atoms in total. The molecule has 0 aromatic carbocycles. The molecular formula is C16H26N4O4S. The number of rotatable bonds is 8. The van der Waals surface area contributed by atoms with E-state index in [1.54, 1.807) is 25.6 Å². The van der Waals surface area contributed by atoms with Crippen LogP contribution in [0.15, 0.2) is 4.90 Å². The van der Waals surface area contributed by atoms with E-state index in [0.717, 1.165) is 6.54 Å². The summed E-state index contributed by atoms with van der Waals surface area (Å²) in [5, 5.41) is 13.3. The van der Waals surface area contributed by atoms with Gasteiger partial charge in [-0.1, -0.05) is 0 Å². The number of aromatic nitrogens is 2. The van der Waals surface area contributed by atoms with Crippen molar-refractivity contribution in [3.8, 4) is 0 Å². The van der Waals surface area contributed by atoms with Crippen molar-refractivity contribution in [1.82, 2.24) is 19.4 Å². The van der Waals surface area contributed by atoms with Crippen LogP contribution in [0, 0.1) is 19.8 Å². The lowest BCUT2D eigenvalue weighted by Crippen LogP contribution is -2.55. The van der Waals surface area contributed by atoms with Crippen molar-refractivity contribution < 1.29 is 18.3 Å². The van der Waals surface area contributed by atoms with Gasteiger partial charge in [-0.15, -0.1) is 0 Å². The summed E-state index contributed by atoms with van der Waals surface area (Å²) in [7, 11) is -1.89. The Morgan fingerprint density at radius 1 is 1.36 bits per heavy atom. The van der Waals surface area contributed by atoms with E-state index in [1.807, 2.05) is 4.90 Å². The van der Waals surface area contributed by atoms with Crippen LogP contribution in [0.4, 0.5) is 0 Å². The highest BCUT2D eigenvalue weighted by Crippen LogP contribution is 2.34. The van der Waals surface area contributed by atoms with Crippen molar-refractivity contribution in [2.75, 3.05) is 13.1 Å². The monoisotopic (exact) mass is 370 g/mol. The molecule has 0 spiro atoms. The molecule has 2 saturated carbocycles. The smallest absolute Gasteiger partial charge is 0.317 e. The summed E-state index contributed by atoms with van der Waals surface area (Å²) in [6.45, 7) is 4.26. The maximum absolute atomic E-state index is 12.7. The third-order valence-electron chi connectivity index (χ3n) is 5.19. The van der Waals surface area contributed by atoms with Crippen LogP contribution in [0.2, 0.25) is 0 Å². The van der Waals surface area contributed by atoms with E-state index in [-0.39, 0.29) is 23.5 Å². The van der Waals surface area contributed by atoms with Gasteiger partial charge in [0.1, 0.15) is 4.90 Å². The van der Waals surface area contributed by atoms with E-state index < -0.39 is 16.0 Å². The minimum absolute atomic E-state index is 0.0292. The van der Waals surface area contributed by atoms with E-state index in [1.165, 1.54) is 12.8 Å². The van der Waals surface area contributed by atoms with Gasteiger partial charge in [-0.2, -0.15) is 5.10 Å². The molecule has 2 aliphatic carbocycles. The number of hydrogen-bond donors (Lipinski definition) is 2. The quantitative estimate of drug-likeness (QED) is 0.696. The van der Waals surface area contributed by atoms with E-state index in [9.17, 15) is 13.2 Å². The zero-order chi connectivity index (χ0) is 18.4. The predicted octanol–water partition coefficient (Wildman–Crippen LogP) is 0.643. The zero-order valence-electron chi connectivity index (χ0n) is 14.9. The fourth-order valence-electron chi connectivity index (χ4n) is 3.55. The van der Waals surface area contributed by atoms with Gasteiger partial charge in [0.25, 0.3) is 0 Å². The SMILES string of the molecule is Cc1nn(C)c(C)c1S(=O)(=O)NC1CC(N(CC(=O)O)CC2CC2)C1. The molecule has 25 heavy (non-hydrogen) atoms. The van der Waals surface area contributed by atoms with Gasteiger partial charge >= 0.3 is 5.97 Å². The van der Waals surface area contributed by atoms with Crippen LogP contribution in [-0.4, -0.2) is 59.3 Å².